The van der Waals surface area contributed by atoms with Crippen LogP contribution < -0.4 is 10.6 Å². The second kappa shape index (κ2) is 7.90. The van der Waals surface area contributed by atoms with Crippen LogP contribution in [-0.4, -0.2) is 15.9 Å². The van der Waals surface area contributed by atoms with Crippen molar-refractivity contribution >= 4 is 39.2 Å². The molecule has 0 unspecified atom stereocenters. The molecule has 3 aromatic rings. The lowest BCUT2D eigenvalue weighted by atomic mass is 10.1. The highest BCUT2D eigenvalue weighted by molar-refractivity contribution is 9.10. The van der Waals surface area contributed by atoms with Gasteiger partial charge < -0.3 is 10.6 Å². The van der Waals surface area contributed by atoms with Crippen LogP contribution in [0.2, 0.25) is 0 Å². The Morgan fingerprint density at radius 3 is 2.56 bits per heavy atom. The minimum Gasteiger partial charge on any atom is -0.324 e. The summed E-state index contributed by atoms with van der Waals surface area (Å²) in [7, 11) is 0. The number of carbonyl (C=O) groups is 1. The van der Waals surface area contributed by atoms with Gasteiger partial charge in [-0.3, -0.25) is 4.79 Å². The van der Waals surface area contributed by atoms with E-state index >= 15 is 0 Å². The molecule has 5 nitrogen and oxygen atoms in total. The first-order valence-corrected chi connectivity index (χ1v) is 8.69. The zero-order valence-electron chi connectivity index (χ0n) is 13.7. The third-order valence-electron chi connectivity index (χ3n) is 3.64. The number of benzene rings is 2. The molecule has 1 heterocycles. The number of hydrogen-bond donors (Lipinski definition) is 2. The molecule has 2 aromatic carbocycles. The number of aryl methyl sites for hydroxylation is 1. The van der Waals surface area contributed by atoms with Gasteiger partial charge in [0.25, 0.3) is 5.91 Å². The van der Waals surface area contributed by atoms with Crippen LogP contribution in [0.3, 0.4) is 0 Å². The summed E-state index contributed by atoms with van der Waals surface area (Å²) in [5.41, 5.74) is 3.26. The van der Waals surface area contributed by atoms with Gasteiger partial charge in [-0.05, 0) is 36.2 Å². The minimum absolute atomic E-state index is 0.251. The molecule has 2 N–H and O–H groups in total. The molecule has 0 aliphatic carbocycles. The van der Waals surface area contributed by atoms with Crippen LogP contribution >= 0.6 is 15.9 Å². The molecule has 25 heavy (non-hydrogen) atoms. The normalized spacial score (nSPS) is 10.3. The zero-order valence-corrected chi connectivity index (χ0v) is 15.2. The quantitative estimate of drug-likeness (QED) is 0.649. The van der Waals surface area contributed by atoms with E-state index in [0.717, 1.165) is 16.6 Å². The van der Waals surface area contributed by atoms with Gasteiger partial charge in [-0.1, -0.05) is 47.1 Å². The molecule has 126 valence electrons. The van der Waals surface area contributed by atoms with E-state index < -0.39 is 0 Å². The number of hydrogen-bond acceptors (Lipinski definition) is 4. The summed E-state index contributed by atoms with van der Waals surface area (Å²) in [6.07, 6.45) is 3.94. The zero-order chi connectivity index (χ0) is 17.6. The summed E-state index contributed by atoms with van der Waals surface area (Å²) < 4.78 is 0.899. The van der Waals surface area contributed by atoms with Crippen molar-refractivity contribution < 1.29 is 4.79 Å². The number of amides is 1. The molecule has 3 rings (SSSR count). The maximum atomic E-state index is 12.3. The van der Waals surface area contributed by atoms with Gasteiger partial charge in [0.1, 0.15) is 0 Å². The number of anilines is 3. The van der Waals surface area contributed by atoms with E-state index in [2.05, 4.69) is 49.5 Å². The van der Waals surface area contributed by atoms with Crippen LogP contribution in [0.25, 0.3) is 0 Å². The first kappa shape index (κ1) is 17.1. The Labute approximate surface area is 154 Å². The van der Waals surface area contributed by atoms with Crippen LogP contribution in [0, 0.1) is 0 Å². The van der Waals surface area contributed by atoms with Gasteiger partial charge in [0, 0.05) is 28.2 Å². The Morgan fingerprint density at radius 1 is 1.08 bits per heavy atom. The summed E-state index contributed by atoms with van der Waals surface area (Å²) in [6, 6.07) is 15.4. The number of aromatic nitrogens is 2. The van der Waals surface area contributed by atoms with Crippen molar-refractivity contribution in [2.75, 3.05) is 10.6 Å². The van der Waals surface area contributed by atoms with Crippen LogP contribution in [0.4, 0.5) is 17.3 Å². The predicted octanol–water partition coefficient (Wildman–Crippen LogP) is 4.80. The van der Waals surface area contributed by atoms with E-state index in [1.165, 1.54) is 18.0 Å². The van der Waals surface area contributed by atoms with Crippen molar-refractivity contribution in [2.45, 2.75) is 13.3 Å². The first-order chi connectivity index (χ1) is 12.2. The van der Waals surface area contributed by atoms with E-state index in [-0.39, 0.29) is 5.91 Å². The van der Waals surface area contributed by atoms with Gasteiger partial charge in [-0.2, -0.15) is 0 Å². The minimum atomic E-state index is -0.251. The first-order valence-electron chi connectivity index (χ1n) is 7.89. The number of carbonyl (C=O) groups excluding carboxylic acids is 1. The number of para-hydroxylation sites is 1. The monoisotopic (exact) mass is 396 g/mol. The molecular weight excluding hydrogens is 380 g/mol. The molecule has 0 saturated carbocycles. The van der Waals surface area contributed by atoms with E-state index in [0.29, 0.717) is 17.2 Å². The van der Waals surface area contributed by atoms with Gasteiger partial charge in [0.15, 0.2) is 0 Å². The fourth-order valence-electron chi connectivity index (χ4n) is 2.35. The Balaban J connectivity index is 1.70. The van der Waals surface area contributed by atoms with Crippen LogP contribution in [0.5, 0.6) is 0 Å². The standard InChI is InChI=1S/C19H17BrN4O/c1-2-13-6-3-4-9-17(13)24-19-21-11-14(12-22-19)18(25)23-16-8-5-7-15(20)10-16/h3-12H,2H2,1H3,(H,23,25)(H,21,22,24). The Hall–Kier alpha value is -2.73. The van der Waals surface area contributed by atoms with Gasteiger partial charge in [-0.15, -0.1) is 0 Å². The Bertz CT molecular complexity index is 881. The lowest BCUT2D eigenvalue weighted by Crippen LogP contribution is -2.13. The highest BCUT2D eigenvalue weighted by Crippen LogP contribution is 2.19. The highest BCUT2D eigenvalue weighted by Gasteiger charge is 2.09. The van der Waals surface area contributed by atoms with E-state index in [4.69, 9.17) is 0 Å². The molecular formula is C19H17BrN4O. The summed E-state index contributed by atoms with van der Waals surface area (Å²) in [5, 5.41) is 6.00. The molecule has 0 spiro atoms. The summed E-state index contributed by atoms with van der Waals surface area (Å²) in [5.74, 6) is 0.207. The molecule has 0 aliphatic rings. The van der Waals surface area contributed by atoms with E-state index in [9.17, 15) is 4.79 Å². The van der Waals surface area contributed by atoms with Crippen molar-refractivity contribution in [1.29, 1.82) is 0 Å². The molecule has 0 atom stereocenters. The fraction of sp³-hybridized carbons (Fsp3) is 0.105. The second-order valence-electron chi connectivity index (χ2n) is 5.40. The summed E-state index contributed by atoms with van der Waals surface area (Å²) in [6.45, 7) is 2.09. The van der Waals surface area contributed by atoms with Gasteiger partial charge in [-0.25, -0.2) is 9.97 Å². The maximum absolute atomic E-state index is 12.3. The van der Waals surface area contributed by atoms with Crippen molar-refractivity contribution in [3.8, 4) is 0 Å². The van der Waals surface area contributed by atoms with E-state index in [1.54, 1.807) is 0 Å². The highest BCUT2D eigenvalue weighted by atomic mass is 79.9. The van der Waals surface area contributed by atoms with Crippen LogP contribution in [0.15, 0.2) is 65.4 Å². The molecule has 0 bridgehead atoms. The lowest BCUT2D eigenvalue weighted by molar-refractivity contribution is 0.102. The van der Waals surface area contributed by atoms with Crippen LogP contribution in [-0.2, 0) is 6.42 Å². The van der Waals surface area contributed by atoms with Crippen LogP contribution in [0.1, 0.15) is 22.8 Å². The fourth-order valence-corrected chi connectivity index (χ4v) is 2.75. The topological polar surface area (TPSA) is 66.9 Å². The van der Waals surface area contributed by atoms with Crippen molar-refractivity contribution in [3.63, 3.8) is 0 Å². The number of rotatable bonds is 5. The van der Waals surface area contributed by atoms with Crippen molar-refractivity contribution in [1.82, 2.24) is 9.97 Å². The predicted molar refractivity (Wildman–Crippen MR) is 103 cm³/mol. The molecule has 1 aromatic heterocycles. The molecule has 0 fully saturated rings. The molecule has 0 saturated heterocycles. The Morgan fingerprint density at radius 2 is 1.84 bits per heavy atom. The van der Waals surface area contributed by atoms with Gasteiger partial charge >= 0.3 is 0 Å². The third-order valence-corrected chi connectivity index (χ3v) is 4.13. The molecule has 1 amide bonds. The van der Waals surface area contributed by atoms with Crippen molar-refractivity contribution in [3.05, 3.63) is 76.5 Å². The largest absolute Gasteiger partial charge is 0.324 e. The SMILES string of the molecule is CCc1ccccc1Nc1ncc(C(=O)Nc2cccc(Br)c2)cn1. The molecule has 0 aliphatic heterocycles. The Kier molecular flexibility index (Phi) is 5.40. The molecule has 6 heteroatoms. The number of nitrogens with zero attached hydrogens (tertiary/aromatic N) is 2. The van der Waals surface area contributed by atoms with Gasteiger partial charge in [0.2, 0.25) is 5.95 Å². The third kappa shape index (κ3) is 4.42. The summed E-state index contributed by atoms with van der Waals surface area (Å²) >= 11 is 3.38. The lowest BCUT2D eigenvalue weighted by Gasteiger charge is -2.10. The number of halogens is 1. The second-order valence-corrected chi connectivity index (χ2v) is 6.31. The molecule has 0 radical (unpaired) electrons. The van der Waals surface area contributed by atoms with Crippen molar-refractivity contribution in [2.24, 2.45) is 0 Å². The average Bonchev–Trinajstić information content (AvgIpc) is 2.63. The van der Waals surface area contributed by atoms with Gasteiger partial charge in [0.05, 0.1) is 5.56 Å². The maximum Gasteiger partial charge on any atom is 0.258 e. The van der Waals surface area contributed by atoms with E-state index in [1.807, 2.05) is 42.5 Å². The summed E-state index contributed by atoms with van der Waals surface area (Å²) in [4.78, 5) is 20.7. The smallest absolute Gasteiger partial charge is 0.258 e. The number of nitrogens with one attached hydrogen (secondary N) is 2. The average molecular weight is 397 g/mol.